The Bertz CT molecular complexity index is 483. The maximum absolute atomic E-state index is 11.8. The van der Waals surface area contributed by atoms with Gasteiger partial charge in [0, 0.05) is 44.2 Å². The molecule has 1 saturated heterocycles. The number of nitrogens with zero attached hydrogens (tertiary/aromatic N) is 1. The lowest BCUT2D eigenvalue weighted by Gasteiger charge is -2.30. The van der Waals surface area contributed by atoms with Crippen molar-refractivity contribution < 1.29 is 4.79 Å². The summed E-state index contributed by atoms with van der Waals surface area (Å²) in [4.78, 5) is 14.1. The number of nitrogens with one attached hydrogen (secondary N) is 1. The Morgan fingerprint density at radius 2 is 2.17 bits per heavy atom. The Kier molecular flexibility index (Phi) is 2.86. The van der Waals surface area contributed by atoms with Gasteiger partial charge in [-0.05, 0) is 24.5 Å². The van der Waals surface area contributed by atoms with Crippen LogP contribution in [0, 0.1) is 0 Å². The van der Waals surface area contributed by atoms with Crippen molar-refractivity contribution in [2.24, 2.45) is 0 Å². The summed E-state index contributed by atoms with van der Waals surface area (Å²) in [5.41, 5.74) is 4.06. The van der Waals surface area contributed by atoms with Crippen LogP contribution in [-0.4, -0.2) is 25.4 Å². The number of carbonyl (C=O) groups excluding carboxylic acids is 1. The minimum absolute atomic E-state index is 0.191. The molecule has 18 heavy (non-hydrogen) atoms. The first-order chi connectivity index (χ1) is 8.65. The van der Waals surface area contributed by atoms with E-state index in [9.17, 15) is 4.79 Å². The fourth-order valence-corrected chi connectivity index (χ4v) is 3.27. The van der Waals surface area contributed by atoms with E-state index in [4.69, 9.17) is 0 Å². The van der Waals surface area contributed by atoms with Crippen LogP contribution in [0.1, 0.15) is 36.9 Å². The van der Waals surface area contributed by atoms with Crippen molar-refractivity contribution in [1.29, 1.82) is 0 Å². The van der Waals surface area contributed by atoms with Crippen LogP contribution in [0.25, 0.3) is 0 Å². The Balaban J connectivity index is 1.97. The van der Waals surface area contributed by atoms with Gasteiger partial charge >= 0.3 is 0 Å². The van der Waals surface area contributed by atoms with Crippen LogP contribution >= 0.6 is 0 Å². The molecule has 2 aliphatic heterocycles. The maximum atomic E-state index is 11.8. The molecule has 0 aromatic heterocycles. The zero-order valence-electron chi connectivity index (χ0n) is 11.1. The molecule has 96 valence electrons. The first-order valence-electron chi connectivity index (χ1n) is 6.76. The molecule has 0 spiro atoms. The number of rotatable bonds is 1. The molecule has 2 heterocycles. The SMILES string of the molecule is CC1CC(=O)CC(c2cccc3c2N(C)CC3)N1. The molecule has 2 aliphatic rings. The molecule has 3 nitrogen and oxygen atoms in total. The zero-order chi connectivity index (χ0) is 12.7. The van der Waals surface area contributed by atoms with Crippen LogP contribution in [0.15, 0.2) is 18.2 Å². The van der Waals surface area contributed by atoms with Crippen LogP contribution in [0.5, 0.6) is 0 Å². The van der Waals surface area contributed by atoms with Gasteiger partial charge in [-0.3, -0.25) is 4.79 Å². The van der Waals surface area contributed by atoms with Gasteiger partial charge in [0.1, 0.15) is 5.78 Å². The van der Waals surface area contributed by atoms with Gasteiger partial charge in [0.25, 0.3) is 0 Å². The van der Waals surface area contributed by atoms with Gasteiger partial charge in [-0.1, -0.05) is 18.2 Å². The normalized spacial score (nSPS) is 27.4. The van der Waals surface area contributed by atoms with Gasteiger partial charge in [0.05, 0.1) is 0 Å². The maximum Gasteiger partial charge on any atom is 0.136 e. The van der Waals surface area contributed by atoms with Gasteiger partial charge < -0.3 is 10.2 Å². The van der Waals surface area contributed by atoms with Gasteiger partial charge in [0.15, 0.2) is 0 Å². The summed E-state index contributed by atoms with van der Waals surface area (Å²) in [6.45, 7) is 3.18. The Morgan fingerprint density at radius 1 is 1.33 bits per heavy atom. The van der Waals surface area contributed by atoms with E-state index in [0.29, 0.717) is 24.7 Å². The highest BCUT2D eigenvalue weighted by Crippen LogP contribution is 2.36. The van der Waals surface area contributed by atoms with Crippen LogP contribution < -0.4 is 10.2 Å². The molecule has 1 aromatic carbocycles. The summed E-state index contributed by atoms with van der Waals surface area (Å²) in [5.74, 6) is 0.379. The molecule has 0 saturated carbocycles. The molecule has 0 radical (unpaired) electrons. The van der Waals surface area contributed by atoms with Crippen molar-refractivity contribution in [3.63, 3.8) is 0 Å². The highest BCUT2D eigenvalue weighted by atomic mass is 16.1. The summed E-state index contributed by atoms with van der Waals surface area (Å²) >= 11 is 0. The highest BCUT2D eigenvalue weighted by Gasteiger charge is 2.29. The lowest BCUT2D eigenvalue weighted by molar-refractivity contribution is -0.121. The minimum Gasteiger partial charge on any atom is -0.374 e. The second-order valence-corrected chi connectivity index (χ2v) is 5.59. The second kappa shape index (κ2) is 4.39. The first-order valence-corrected chi connectivity index (χ1v) is 6.76. The van der Waals surface area contributed by atoms with Crippen LogP contribution in [0.4, 0.5) is 5.69 Å². The summed E-state index contributed by atoms with van der Waals surface area (Å²) in [7, 11) is 2.14. The third kappa shape index (κ3) is 1.93. The van der Waals surface area contributed by atoms with Crippen molar-refractivity contribution >= 4 is 11.5 Å². The number of benzene rings is 1. The van der Waals surface area contributed by atoms with Gasteiger partial charge in [0.2, 0.25) is 0 Å². The second-order valence-electron chi connectivity index (χ2n) is 5.59. The Morgan fingerprint density at radius 3 is 2.94 bits per heavy atom. The molecule has 3 heteroatoms. The van der Waals surface area contributed by atoms with E-state index in [1.807, 2.05) is 0 Å². The average molecular weight is 244 g/mol. The number of Topliss-reactive ketones (excluding diaryl/α,β-unsaturated/α-hetero) is 1. The largest absolute Gasteiger partial charge is 0.374 e. The number of anilines is 1. The van der Waals surface area contributed by atoms with E-state index in [2.05, 4.69) is 42.4 Å². The van der Waals surface area contributed by atoms with E-state index in [0.717, 1.165) is 13.0 Å². The first kappa shape index (κ1) is 11.7. The number of ketones is 1. The van der Waals surface area contributed by atoms with Crippen LogP contribution in [0.3, 0.4) is 0 Å². The number of piperidine rings is 1. The Labute approximate surface area is 108 Å². The molecule has 1 N–H and O–H groups in total. The van der Waals surface area contributed by atoms with Crippen molar-refractivity contribution in [2.75, 3.05) is 18.5 Å². The Hall–Kier alpha value is -1.35. The van der Waals surface area contributed by atoms with Crippen molar-refractivity contribution in [2.45, 2.75) is 38.3 Å². The molecule has 0 aliphatic carbocycles. The van der Waals surface area contributed by atoms with Crippen molar-refractivity contribution in [3.05, 3.63) is 29.3 Å². The smallest absolute Gasteiger partial charge is 0.136 e. The monoisotopic (exact) mass is 244 g/mol. The van der Waals surface area contributed by atoms with Crippen molar-refractivity contribution in [3.8, 4) is 0 Å². The summed E-state index contributed by atoms with van der Waals surface area (Å²) < 4.78 is 0. The van der Waals surface area contributed by atoms with Crippen molar-refractivity contribution in [1.82, 2.24) is 5.32 Å². The molecule has 1 aromatic rings. The average Bonchev–Trinajstić information content (AvgIpc) is 2.70. The van der Waals surface area contributed by atoms with E-state index >= 15 is 0 Å². The van der Waals surface area contributed by atoms with E-state index < -0.39 is 0 Å². The van der Waals surface area contributed by atoms with E-state index in [1.54, 1.807) is 0 Å². The van der Waals surface area contributed by atoms with Gasteiger partial charge in [-0.2, -0.15) is 0 Å². The molecule has 2 unspecified atom stereocenters. The third-order valence-electron chi connectivity index (χ3n) is 4.08. The van der Waals surface area contributed by atoms with E-state index in [-0.39, 0.29) is 6.04 Å². The molecule has 3 rings (SSSR count). The van der Waals surface area contributed by atoms with Gasteiger partial charge in [-0.25, -0.2) is 0 Å². The topological polar surface area (TPSA) is 32.3 Å². The molecular weight excluding hydrogens is 224 g/mol. The molecule has 1 fully saturated rings. The summed E-state index contributed by atoms with van der Waals surface area (Å²) in [5, 5.41) is 3.57. The number of hydrogen-bond donors (Lipinski definition) is 1. The fraction of sp³-hybridized carbons (Fsp3) is 0.533. The number of hydrogen-bond acceptors (Lipinski definition) is 3. The number of para-hydroxylation sites is 1. The fourth-order valence-electron chi connectivity index (χ4n) is 3.27. The predicted molar refractivity (Wildman–Crippen MR) is 73.0 cm³/mol. The quantitative estimate of drug-likeness (QED) is 0.820. The zero-order valence-corrected chi connectivity index (χ0v) is 11.1. The lowest BCUT2D eigenvalue weighted by Crippen LogP contribution is -2.39. The molecule has 0 amide bonds. The van der Waals surface area contributed by atoms with Gasteiger partial charge in [-0.15, -0.1) is 0 Å². The number of fused-ring (bicyclic) bond motifs is 1. The van der Waals surface area contributed by atoms with E-state index in [1.165, 1.54) is 16.8 Å². The molecule has 2 atom stereocenters. The highest BCUT2D eigenvalue weighted by molar-refractivity contribution is 5.81. The standard InChI is InChI=1S/C15H20N2O/c1-10-8-12(18)9-14(16-10)13-5-3-4-11-6-7-17(2)15(11)13/h3-5,10,14,16H,6-9H2,1-2H3. The molecular formula is C15H20N2O. The lowest BCUT2D eigenvalue weighted by atomic mass is 9.91. The predicted octanol–water partition coefficient (Wildman–Crippen LogP) is 2.06. The van der Waals surface area contributed by atoms with Crippen LogP contribution in [-0.2, 0) is 11.2 Å². The summed E-state index contributed by atoms with van der Waals surface area (Å²) in [6, 6.07) is 6.98. The molecule has 0 bridgehead atoms. The van der Waals surface area contributed by atoms with Crippen LogP contribution in [0.2, 0.25) is 0 Å². The number of likely N-dealkylation sites (N-methyl/N-ethyl adjacent to an activating group) is 1. The third-order valence-corrected chi connectivity index (χ3v) is 4.08. The minimum atomic E-state index is 0.191. The number of carbonyl (C=O) groups is 1. The summed E-state index contributed by atoms with van der Waals surface area (Å²) in [6.07, 6.45) is 2.42.